The number of nitrogens with zero attached hydrogens (tertiary/aromatic N) is 4. The fraction of sp³-hybridized carbons (Fsp3) is 0. The predicted octanol–water partition coefficient (Wildman–Crippen LogP) is 6.46. The maximum Gasteiger partial charge on any atom is 0.311 e. The van der Waals surface area contributed by atoms with E-state index in [4.69, 9.17) is 15.3 Å². The van der Waals surface area contributed by atoms with Crippen molar-refractivity contribution in [1.29, 1.82) is 10.5 Å². The Bertz CT molecular complexity index is 1240. The Labute approximate surface area is 193 Å². The number of hydrogen-bond donors (Lipinski definition) is 1. The smallest absolute Gasteiger partial charge is 0.311 e. The number of nitro groups is 1. The van der Waals surface area contributed by atoms with Gasteiger partial charge < -0.3 is 10.1 Å². The third-order valence-corrected chi connectivity index (χ3v) is 5.08. The molecule has 31 heavy (non-hydrogen) atoms. The Hall–Kier alpha value is -3.73. The Balaban J connectivity index is 1.93. The van der Waals surface area contributed by atoms with Crippen LogP contribution in [-0.2, 0) is 0 Å². The van der Waals surface area contributed by atoms with Gasteiger partial charge in [-0.3, -0.25) is 10.1 Å². The summed E-state index contributed by atoms with van der Waals surface area (Å²) >= 11 is 6.84. The Morgan fingerprint density at radius 3 is 2.35 bits per heavy atom. The molecular formula is C21H11Br2N5O3. The number of pyridine rings is 1. The number of benzene rings is 2. The average Bonchev–Trinajstić information content (AvgIpc) is 2.75. The zero-order valence-electron chi connectivity index (χ0n) is 15.5. The van der Waals surface area contributed by atoms with Crippen LogP contribution < -0.4 is 10.1 Å². The zero-order valence-corrected chi connectivity index (χ0v) is 18.7. The van der Waals surface area contributed by atoms with Crippen LogP contribution in [0, 0.1) is 32.8 Å². The molecule has 10 heteroatoms. The number of hydrogen-bond acceptors (Lipinski definition) is 7. The second-order valence-electron chi connectivity index (χ2n) is 5.97. The third kappa shape index (κ3) is 5.45. The van der Waals surface area contributed by atoms with Gasteiger partial charge in [0.15, 0.2) is 5.75 Å². The molecule has 0 aliphatic carbocycles. The van der Waals surface area contributed by atoms with Gasteiger partial charge in [-0.05, 0) is 79.9 Å². The number of allylic oxidation sites excluding steroid dienone is 1. The molecule has 0 radical (unpaired) electrons. The molecule has 0 fully saturated rings. The summed E-state index contributed by atoms with van der Waals surface area (Å²) in [5, 5.41) is 31.9. The van der Waals surface area contributed by atoms with Gasteiger partial charge in [0, 0.05) is 23.9 Å². The molecule has 0 amide bonds. The van der Waals surface area contributed by atoms with E-state index in [2.05, 4.69) is 42.2 Å². The molecule has 0 aliphatic heterocycles. The molecule has 2 aromatic carbocycles. The molecule has 152 valence electrons. The summed E-state index contributed by atoms with van der Waals surface area (Å²) in [6, 6.07) is 16.6. The van der Waals surface area contributed by atoms with Gasteiger partial charge in [0.25, 0.3) is 0 Å². The van der Waals surface area contributed by atoms with Crippen molar-refractivity contribution in [2.75, 3.05) is 5.32 Å². The second kappa shape index (κ2) is 9.85. The first-order valence-corrected chi connectivity index (χ1v) is 10.2. The summed E-state index contributed by atoms with van der Waals surface area (Å²) in [5.41, 5.74) is 1.54. The van der Waals surface area contributed by atoms with Gasteiger partial charge in [-0.2, -0.15) is 15.5 Å². The molecule has 0 saturated carbocycles. The van der Waals surface area contributed by atoms with Crippen LogP contribution in [0.3, 0.4) is 0 Å². The number of aromatic nitrogens is 1. The van der Waals surface area contributed by atoms with Gasteiger partial charge in [-0.1, -0.05) is 0 Å². The quantitative estimate of drug-likeness (QED) is 0.216. The van der Waals surface area contributed by atoms with E-state index in [-0.39, 0.29) is 17.4 Å². The minimum absolute atomic E-state index is 0.00646. The number of nitrogens with one attached hydrogen (secondary N) is 1. The minimum Gasteiger partial charge on any atom is -0.437 e. The van der Waals surface area contributed by atoms with Crippen molar-refractivity contribution in [2.24, 2.45) is 0 Å². The molecule has 0 atom stereocenters. The summed E-state index contributed by atoms with van der Waals surface area (Å²) in [5.74, 6) is 0.538. The molecule has 1 heterocycles. The third-order valence-electron chi connectivity index (χ3n) is 3.90. The second-order valence-corrected chi connectivity index (χ2v) is 7.68. The number of rotatable bonds is 6. The van der Waals surface area contributed by atoms with E-state index >= 15 is 0 Å². The first kappa shape index (κ1) is 22.0. The van der Waals surface area contributed by atoms with E-state index in [1.165, 1.54) is 18.2 Å². The summed E-state index contributed by atoms with van der Waals surface area (Å²) in [7, 11) is 0. The molecular weight excluding hydrogens is 530 g/mol. The van der Waals surface area contributed by atoms with Crippen molar-refractivity contribution in [3.63, 3.8) is 0 Å². The first-order chi connectivity index (χ1) is 14.9. The Kier molecular flexibility index (Phi) is 6.98. The van der Waals surface area contributed by atoms with E-state index in [1.807, 2.05) is 12.1 Å². The van der Waals surface area contributed by atoms with E-state index in [1.54, 1.807) is 42.5 Å². The number of ether oxygens (including phenoxy) is 1. The molecule has 8 nitrogen and oxygen atoms in total. The molecule has 0 aliphatic rings. The maximum absolute atomic E-state index is 11.4. The van der Waals surface area contributed by atoms with Crippen LogP contribution in [0.5, 0.6) is 11.6 Å². The van der Waals surface area contributed by atoms with Crippen molar-refractivity contribution in [3.8, 4) is 23.8 Å². The Morgan fingerprint density at radius 2 is 1.77 bits per heavy atom. The van der Waals surface area contributed by atoms with Crippen LogP contribution in [0.25, 0.3) is 6.08 Å². The van der Waals surface area contributed by atoms with Crippen LogP contribution in [0.2, 0.25) is 0 Å². The highest BCUT2D eigenvalue weighted by molar-refractivity contribution is 9.11. The standard InChI is InChI=1S/C21H11Br2N5O3/c22-16-10-14(2-1-9-24)11-17(23)20(16)31-19-8-7-18(28(29)30)21(27-19)26-15-5-3-13(12-25)4-6-15/h1-8,10-11H,(H,26,27)/b2-1+. The molecule has 3 rings (SSSR count). The number of halogens is 2. The summed E-state index contributed by atoms with van der Waals surface area (Å²) in [6.45, 7) is 0. The fourth-order valence-electron chi connectivity index (χ4n) is 2.51. The topological polar surface area (TPSA) is 125 Å². The molecule has 1 aromatic heterocycles. The van der Waals surface area contributed by atoms with Crippen molar-refractivity contribution >= 4 is 55.1 Å². The lowest BCUT2D eigenvalue weighted by Gasteiger charge is -2.12. The van der Waals surface area contributed by atoms with Crippen molar-refractivity contribution < 1.29 is 9.66 Å². The first-order valence-electron chi connectivity index (χ1n) is 8.57. The molecule has 0 bridgehead atoms. The molecule has 0 spiro atoms. The van der Waals surface area contributed by atoms with Crippen molar-refractivity contribution in [1.82, 2.24) is 4.98 Å². The predicted molar refractivity (Wildman–Crippen MR) is 122 cm³/mol. The van der Waals surface area contributed by atoms with Crippen LogP contribution in [0.1, 0.15) is 11.1 Å². The van der Waals surface area contributed by atoms with Gasteiger partial charge in [0.1, 0.15) is 0 Å². The van der Waals surface area contributed by atoms with E-state index in [0.29, 0.717) is 25.9 Å². The van der Waals surface area contributed by atoms with Gasteiger partial charge in [0.2, 0.25) is 11.7 Å². The van der Waals surface area contributed by atoms with E-state index < -0.39 is 4.92 Å². The minimum atomic E-state index is -0.551. The lowest BCUT2D eigenvalue weighted by Crippen LogP contribution is -2.01. The van der Waals surface area contributed by atoms with Gasteiger partial charge in [0.05, 0.1) is 31.6 Å². The average molecular weight is 541 g/mol. The molecule has 0 saturated heterocycles. The van der Waals surface area contributed by atoms with Crippen LogP contribution in [0.4, 0.5) is 17.2 Å². The Morgan fingerprint density at radius 1 is 1.10 bits per heavy atom. The number of nitriles is 2. The lowest BCUT2D eigenvalue weighted by molar-refractivity contribution is -0.384. The highest BCUT2D eigenvalue weighted by Crippen LogP contribution is 2.39. The highest BCUT2D eigenvalue weighted by Gasteiger charge is 2.18. The van der Waals surface area contributed by atoms with E-state index in [9.17, 15) is 10.1 Å². The SMILES string of the molecule is N#C/C=C/c1cc(Br)c(Oc2ccc([N+](=O)[O-])c(Nc3ccc(C#N)cc3)n2)c(Br)c1. The summed E-state index contributed by atoms with van der Waals surface area (Å²) in [6.07, 6.45) is 3.00. The normalized spacial score (nSPS) is 10.3. The lowest BCUT2D eigenvalue weighted by atomic mass is 10.2. The molecule has 3 aromatic rings. The van der Waals surface area contributed by atoms with Crippen molar-refractivity contribution in [3.05, 3.63) is 84.8 Å². The maximum atomic E-state index is 11.4. The van der Waals surface area contributed by atoms with Gasteiger partial charge >= 0.3 is 5.69 Å². The largest absolute Gasteiger partial charge is 0.437 e. The monoisotopic (exact) mass is 539 g/mol. The molecule has 0 unspecified atom stereocenters. The molecule has 1 N–H and O–H groups in total. The number of anilines is 2. The van der Waals surface area contributed by atoms with Crippen LogP contribution >= 0.6 is 31.9 Å². The summed E-state index contributed by atoms with van der Waals surface area (Å²) in [4.78, 5) is 15.1. The zero-order chi connectivity index (χ0) is 22.4. The highest BCUT2D eigenvalue weighted by atomic mass is 79.9. The van der Waals surface area contributed by atoms with Crippen molar-refractivity contribution in [2.45, 2.75) is 0 Å². The van der Waals surface area contributed by atoms with Crippen LogP contribution in [0.15, 0.2) is 63.6 Å². The van der Waals surface area contributed by atoms with Gasteiger partial charge in [-0.25, -0.2) is 0 Å². The fourth-order valence-corrected chi connectivity index (χ4v) is 3.89. The van der Waals surface area contributed by atoms with Gasteiger partial charge in [-0.15, -0.1) is 0 Å². The van der Waals surface area contributed by atoms with Crippen LogP contribution in [-0.4, -0.2) is 9.91 Å². The summed E-state index contributed by atoms with van der Waals surface area (Å²) < 4.78 is 7.05. The van der Waals surface area contributed by atoms with E-state index in [0.717, 1.165) is 5.56 Å².